The van der Waals surface area contributed by atoms with Gasteiger partial charge in [-0.25, -0.2) is 4.99 Å². The van der Waals surface area contributed by atoms with Gasteiger partial charge in [-0.05, 0) is 99.3 Å². The molecule has 2 aromatic heterocycles. The van der Waals surface area contributed by atoms with Crippen LogP contribution in [-0.2, 0) is 0 Å². The maximum Gasteiger partial charge on any atom is 0.159 e. The number of nitrogens with zero attached hydrogens (tertiary/aromatic N) is 2. The minimum Gasteiger partial charge on any atom is -0.454 e. The molecule has 3 heteroatoms. The van der Waals surface area contributed by atoms with Crippen LogP contribution in [0.3, 0.4) is 0 Å². The number of fused-ring (bicyclic) bond motifs is 8. The molecule has 0 aliphatic carbocycles. The van der Waals surface area contributed by atoms with Crippen LogP contribution in [0.2, 0.25) is 0 Å². The molecule has 59 heavy (non-hydrogen) atoms. The molecule has 2 heterocycles. The fourth-order valence-electron chi connectivity index (χ4n) is 8.75. The third kappa shape index (κ3) is 5.95. The van der Waals surface area contributed by atoms with Crippen LogP contribution in [0.25, 0.3) is 93.4 Å². The van der Waals surface area contributed by atoms with E-state index in [9.17, 15) is 0 Å². The maximum absolute atomic E-state index is 6.86. The molecule has 0 unspecified atom stereocenters. The number of benzene rings is 9. The van der Waals surface area contributed by atoms with E-state index in [1.165, 1.54) is 38.1 Å². The van der Waals surface area contributed by atoms with Crippen LogP contribution >= 0.6 is 0 Å². The van der Waals surface area contributed by atoms with E-state index in [0.29, 0.717) is 5.70 Å². The van der Waals surface area contributed by atoms with E-state index in [1.807, 2.05) is 12.1 Å². The minimum atomic E-state index is 0.666. The van der Waals surface area contributed by atoms with E-state index in [-0.39, 0.29) is 0 Å². The van der Waals surface area contributed by atoms with Crippen molar-refractivity contribution in [3.8, 4) is 16.8 Å². The minimum absolute atomic E-state index is 0.666. The van der Waals surface area contributed by atoms with Gasteiger partial charge in [0.1, 0.15) is 5.58 Å². The van der Waals surface area contributed by atoms with E-state index < -0.39 is 0 Å². The molecule has 0 saturated carbocycles. The van der Waals surface area contributed by atoms with Crippen molar-refractivity contribution in [2.45, 2.75) is 6.92 Å². The Morgan fingerprint density at radius 2 is 1.17 bits per heavy atom. The molecule has 11 rings (SSSR count). The monoisotopic (exact) mass is 754 g/mol. The Balaban J connectivity index is 1.07. The number of rotatable bonds is 7. The Hall–Kier alpha value is -7.75. The molecule has 278 valence electrons. The summed E-state index contributed by atoms with van der Waals surface area (Å²) in [5.74, 6) is 0. The Bertz CT molecular complexity index is 3520. The first-order valence-corrected chi connectivity index (χ1v) is 20.1. The topological polar surface area (TPSA) is 30.4 Å². The quantitative estimate of drug-likeness (QED) is 0.149. The van der Waals surface area contributed by atoms with Gasteiger partial charge in [0.2, 0.25) is 0 Å². The molecule has 0 spiro atoms. The lowest BCUT2D eigenvalue weighted by atomic mass is 9.98. The number of para-hydroxylation sites is 2. The molecule has 11 aromatic rings. The molecule has 3 nitrogen and oxygen atoms in total. The molecule has 0 radical (unpaired) electrons. The van der Waals surface area contributed by atoms with E-state index >= 15 is 0 Å². The highest BCUT2D eigenvalue weighted by molar-refractivity contribution is 6.18. The fraction of sp³-hybridized carbons (Fsp3) is 0.0179. The van der Waals surface area contributed by atoms with Crippen molar-refractivity contribution < 1.29 is 4.42 Å². The van der Waals surface area contributed by atoms with Gasteiger partial charge in [-0.2, -0.15) is 0 Å². The van der Waals surface area contributed by atoms with Crippen LogP contribution in [0.4, 0.5) is 0 Å². The lowest BCUT2D eigenvalue weighted by Crippen LogP contribution is -2.00. The average molecular weight is 755 g/mol. The van der Waals surface area contributed by atoms with Gasteiger partial charge in [0.15, 0.2) is 5.58 Å². The highest BCUT2D eigenvalue weighted by Crippen LogP contribution is 2.41. The van der Waals surface area contributed by atoms with Gasteiger partial charge in [-0.15, -0.1) is 0 Å². The summed E-state index contributed by atoms with van der Waals surface area (Å²) < 4.78 is 9.20. The molecule has 0 aliphatic rings. The predicted molar refractivity (Wildman–Crippen MR) is 251 cm³/mol. The van der Waals surface area contributed by atoms with Crippen molar-refractivity contribution in [3.05, 3.63) is 223 Å². The zero-order valence-corrected chi connectivity index (χ0v) is 32.6. The second-order valence-electron chi connectivity index (χ2n) is 15.3. The van der Waals surface area contributed by atoms with Crippen molar-refractivity contribution in [2.24, 2.45) is 4.99 Å². The van der Waals surface area contributed by atoms with Crippen molar-refractivity contribution in [1.29, 1.82) is 0 Å². The summed E-state index contributed by atoms with van der Waals surface area (Å²) in [4.78, 5) is 5.37. The van der Waals surface area contributed by atoms with Gasteiger partial charge in [-0.1, -0.05) is 158 Å². The lowest BCUT2D eigenvalue weighted by molar-refractivity contribution is 0.666. The summed E-state index contributed by atoms with van der Waals surface area (Å²) in [6.07, 6.45) is 2.19. The van der Waals surface area contributed by atoms with Crippen molar-refractivity contribution >= 4 is 82.3 Å². The molecule has 9 aromatic carbocycles. The van der Waals surface area contributed by atoms with Gasteiger partial charge < -0.3 is 8.98 Å². The number of hydrogen-bond acceptors (Lipinski definition) is 2. The lowest BCUT2D eigenvalue weighted by Gasteiger charge is -2.11. The van der Waals surface area contributed by atoms with Crippen molar-refractivity contribution in [3.63, 3.8) is 0 Å². The fourth-order valence-corrected chi connectivity index (χ4v) is 8.75. The van der Waals surface area contributed by atoms with Crippen LogP contribution in [0, 0.1) is 0 Å². The van der Waals surface area contributed by atoms with Gasteiger partial charge in [0.25, 0.3) is 0 Å². The third-order valence-corrected chi connectivity index (χ3v) is 11.7. The van der Waals surface area contributed by atoms with Crippen LogP contribution < -0.4 is 0 Å². The number of furan rings is 1. The maximum atomic E-state index is 6.86. The van der Waals surface area contributed by atoms with Crippen LogP contribution in [0.5, 0.6) is 0 Å². The second kappa shape index (κ2) is 14.0. The first-order valence-electron chi connectivity index (χ1n) is 20.1. The van der Waals surface area contributed by atoms with E-state index in [1.54, 1.807) is 0 Å². The standard InChI is InChI=1S/C56H38N2O/c1-36(41-28-26-39-16-6-8-18-42(39)33-41)32-50(45-29-27-40-17-7-9-19-43(40)34-45)57-37(2)46-21-13-25-54-55(46)48-22-12-24-53(56(48)59-54)58-51-23-11-10-20-47(51)49-35-44(30-31-52(49)58)38-14-4-3-5-15-38/h3-35H,2H2,1H3/b36-32+,57-50+. The molecule has 0 amide bonds. The van der Waals surface area contributed by atoms with Crippen molar-refractivity contribution in [1.82, 2.24) is 4.57 Å². The summed E-state index contributed by atoms with van der Waals surface area (Å²) in [7, 11) is 0. The van der Waals surface area contributed by atoms with Gasteiger partial charge in [0, 0.05) is 32.7 Å². The Morgan fingerprint density at radius 1 is 0.525 bits per heavy atom. The average Bonchev–Trinajstić information content (AvgIpc) is 3.84. The summed E-state index contributed by atoms with van der Waals surface area (Å²) in [6.45, 7) is 6.79. The van der Waals surface area contributed by atoms with Crippen LogP contribution in [0.1, 0.15) is 23.6 Å². The Labute approximate surface area is 342 Å². The van der Waals surface area contributed by atoms with Crippen molar-refractivity contribution in [2.75, 3.05) is 0 Å². The first-order chi connectivity index (χ1) is 29.1. The predicted octanol–water partition coefficient (Wildman–Crippen LogP) is 15.2. The Kier molecular flexibility index (Phi) is 8.20. The van der Waals surface area contributed by atoms with Gasteiger partial charge in [-0.3, -0.25) is 0 Å². The molecule has 0 fully saturated rings. The zero-order valence-electron chi connectivity index (χ0n) is 32.6. The second-order valence-corrected chi connectivity index (χ2v) is 15.3. The molecular formula is C56H38N2O. The number of hydrogen-bond donors (Lipinski definition) is 0. The number of aliphatic imine (C=N–C) groups is 1. The van der Waals surface area contributed by atoms with E-state index in [2.05, 4.69) is 206 Å². The highest BCUT2D eigenvalue weighted by Gasteiger charge is 2.20. The molecule has 0 atom stereocenters. The number of allylic oxidation sites excluding steroid dienone is 2. The van der Waals surface area contributed by atoms with Crippen LogP contribution in [-0.4, -0.2) is 10.3 Å². The van der Waals surface area contributed by atoms with Gasteiger partial charge in [0.05, 0.1) is 28.1 Å². The van der Waals surface area contributed by atoms with Crippen LogP contribution in [0.15, 0.2) is 216 Å². The number of aromatic nitrogens is 1. The first kappa shape index (κ1) is 34.5. The van der Waals surface area contributed by atoms with Gasteiger partial charge >= 0.3 is 0 Å². The molecule has 0 aliphatic heterocycles. The van der Waals surface area contributed by atoms with E-state index in [4.69, 9.17) is 9.41 Å². The summed E-state index contributed by atoms with van der Waals surface area (Å²) >= 11 is 0. The smallest absolute Gasteiger partial charge is 0.159 e. The molecule has 0 saturated heterocycles. The molecule has 0 N–H and O–H groups in total. The Morgan fingerprint density at radius 3 is 1.97 bits per heavy atom. The van der Waals surface area contributed by atoms with E-state index in [0.717, 1.165) is 72.0 Å². The zero-order chi connectivity index (χ0) is 39.5. The summed E-state index contributed by atoms with van der Waals surface area (Å²) in [5, 5.41) is 9.20. The SMILES string of the molecule is C=C(/N=C(\C=C(/C)c1ccc2ccccc2c1)c1ccc2ccccc2c1)c1cccc2oc3c(-n4c5ccccc5c5cc(-c6ccccc6)ccc54)cccc3c12. The normalized spacial score (nSPS) is 12.4. The summed E-state index contributed by atoms with van der Waals surface area (Å²) in [6, 6.07) is 68.7. The molecular weight excluding hydrogens is 717 g/mol. The third-order valence-electron chi connectivity index (χ3n) is 11.7. The largest absolute Gasteiger partial charge is 0.454 e. The molecule has 0 bridgehead atoms. The summed E-state index contributed by atoms with van der Waals surface area (Å²) in [5.41, 5.74) is 13.0. The highest BCUT2D eigenvalue weighted by atomic mass is 16.3.